The van der Waals surface area contributed by atoms with E-state index in [1.165, 1.54) is 10.6 Å². The maximum absolute atomic E-state index is 11.3. The molecule has 0 saturated carbocycles. The number of H-pyrrole nitrogens is 1. The molecule has 5 nitrogen and oxygen atoms in total. The Labute approximate surface area is 74.0 Å². The Morgan fingerprint density at radius 1 is 1.69 bits per heavy atom. The van der Waals surface area contributed by atoms with E-state index >= 15 is 0 Å². The molecule has 0 amide bonds. The first kappa shape index (κ1) is 7.85. The topological polar surface area (TPSA) is 59.4 Å². The van der Waals surface area contributed by atoms with Crippen LogP contribution in [0.15, 0.2) is 23.1 Å². The summed E-state index contributed by atoms with van der Waals surface area (Å²) in [5.41, 5.74) is 0.398. The second-order valence-electron chi connectivity index (χ2n) is 2.52. The van der Waals surface area contributed by atoms with Gasteiger partial charge in [-0.05, 0) is 6.92 Å². The quantitative estimate of drug-likeness (QED) is 0.726. The van der Waals surface area contributed by atoms with Gasteiger partial charge in [-0.15, -0.1) is 0 Å². The molecule has 0 bridgehead atoms. The number of nitrogens with zero attached hydrogens (tertiary/aromatic N) is 2. The molecule has 13 heavy (non-hydrogen) atoms. The van der Waals surface area contributed by atoms with Crippen molar-refractivity contribution in [1.29, 1.82) is 0 Å². The molecule has 0 aromatic carbocycles. The summed E-state index contributed by atoms with van der Waals surface area (Å²) in [5.74, 6) is 0.368. The number of rotatable bonds is 2. The molecule has 0 aliphatic carbocycles. The highest BCUT2D eigenvalue weighted by Crippen LogP contribution is 2.04. The summed E-state index contributed by atoms with van der Waals surface area (Å²) < 4.78 is 6.48. The Balaban J connectivity index is 2.63. The minimum absolute atomic E-state index is 0.168. The maximum atomic E-state index is 11.3. The molecule has 5 heteroatoms. The van der Waals surface area contributed by atoms with Crippen LogP contribution in [0.1, 0.15) is 6.92 Å². The SMILES string of the molecule is CCOc1cc(=O)n2[nH]ccc2n1. The van der Waals surface area contributed by atoms with Crippen LogP contribution in [-0.4, -0.2) is 21.2 Å². The number of hydrogen-bond donors (Lipinski definition) is 1. The Morgan fingerprint density at radius 3 is 3.31 bits per heavy atom. The van der Waals surface area contributed by atoms with Crippen LogP contribution in [0.3, 0.4) is 0 Å². The Morgan fingerprint density at radius 2 is 2.54 bits per heavy atom. The zero-order chi connectivity index (χ0) is 9.26. The summed E-state index contributed by atoms with van der Waals surface area (Å²) in [6.45, 7) is 2.35. The highest BCUT2D eigenvalue weighted by atomic mass is 16.5. The van der Waals surface area contributed by atoms with Crippen LogP contribution < -0.4 is 10.3 Å². The molecule has 2 aromatic heterocycles. The van der Waals surface area contributed by atoms with Crippen molar-refractivity contribution in [2.24, 2.45) is 0 Å². The van der Waals surface area contributed by atoms with Crippen LogP contribution in [0.5, 0.6) is 5.88 Å². The van der Waals surface area contributed by atoms with E-state index in [-0.39, 0.29) is 5.56 Å². The molecule has 0 atom stereocenters. The predicted molar refractivity (Wildman–Crippen MR) is 47.0 cm³/mol. The smallest absolute Gasteiger partial charge is 0.276 e. The molecule has 0 fully saturated rings. The molecule has 2 heterocycles. The third-order valence-electron chi connectivity index (χ3n) is 1.65. The van der Waals surface area contributed by atoms with Crippen molar-refractivity contribution in [3.8, 4) is 5.88 Å². The van der Waals surface area contributed by atoms with Crippen molar-refractivity contribution in [2.45, 2.75) is 6.92 Å². The number of nitrogens with one attached hydrogen (secondary N) is 1. The zero-order valence-electron chi connectivity index (χ0n) is 7.15. The normalized spacial score (nSPS) is 10.5. The lowest BCUT2D eigenvalue weighted by Gasteiger charge is -2.00. The van der Waals surface area contributed by atoms with Crippen molar-refractivity contribution < 1.29 is 4.74 Å². The Kier molecular flexibility index (Phi) is 1.77. The van der Waals surface area contributed by atoms with E-state index in [9.17, 15) is 4.79 Å². The summed E-state index contributed by atoms with van der Waals surface area (Å²) in [4.78, 5) is 15.4. The average Bonchev–Trinajstić information content (AvgIpc) is 2.53. The van der Waals surface area contributed by atoms with Crippen LogP contribution in [0, 0.1) is 0 Å². The molecule has 0 aliphatic rings. The van der Waals surface area contributed by atoms with E-state index in [0.29, 0.717) is 18.1 Å². The standard InChI is InChI=1S/C8H9N3O2/c1-2-13-7-5-8(12)11-6(10-7)3-4-9-11/h3-5,9H,2H2,1H3. The molecule has 0 unspecified atom stereocenters. The van der Waals surface area contributed by atoms with Crippen LogP contribution in [0.4, 0.5) is 0 Å². The van der Waals surface area contributed by atoms with E-state index in [2.05, 4.69) is 10.1 Å². The molecule has 68 valence electrons. The Bertz CT molecular complexity index is 471. The van der Waals surface area contributed by atoms with E-state index in [4.69, 9.17) is 4.74 Å². The average molecular weight is 179 g/mol. The second-order valence-corrected chi connectivity index (χ2v) is 2.52. The molecule has 0 spiro atoms. The predicted octanol–water partition coefficient (Wildman–Crippen LogP) is 0.421. The minimum atomic E-state index is -0.168. The number of aromatic nitrogens is 3. The van der Waals surface area contributed by atoms with Crippen molar-refractivity contribution >= 4 is 5.65 Å². The summed E-state index contributed by atoms with van der Waals surface area (Å²) in [5, 5.41) is 2.74. The monoisotopic (exact) mass is 179 g/mol. The van der Waals surface area contributed by atoms with Crippen LogP contribution in [0.2, 0.25) is 0 Å². The van der Waals surface area contributed by atoms with Crippen LogP contribution in [-0.2, 0) is 0 Å². The van der Waals surface area contributed by atoms with E-state index in [1.54, 1.807) is 12.3 Å². The fraction of sp³-hybridized carbons (Fsp3) is 0.250. The lowest BCUT2D eigenvalue weighted by atomic mass is 10.6. The number of hydrogen-bond acceptors (Lipinski definition) is 3. The van der Waals surface area contributed by atoms with Gasteiger partial charge in [-0.1, -0.05) is 0 Å². The van der Waals surface area contributed by atoms with Gasteiger partial charge in [0.1, 0.15) is 0 Å². The molecule has 2 rings (SSSR count). The highest BCUT2D eigenvalue weighted by molar-refractivity contribution is 5.37. The van der Waals surface area contributed by atoms with Gasteiger partial charge in [0, 0.05) is 12.3 Å². The molecule has 2 aromatic rings. The summed E-state index contributed by atoms with van der Waals surface area (Å²) >= 11 is 0. The van der Waals surface area contributed by atoms with E-state index < -0.39 is 0 Å². The summed E-state index contributed by atoms with van der Waals surface area (Å²) in [7, 11) is 0. The second kappa shape index (κ2) is 2.93. The van der Waals surface area contributed by atoms with Gasteiger partial charge in [-0.3, -0.25) is 9.89 Å². The largest absolute Gasteiger partial charge is 0.478 e. The van der Waals surface area contributed by atoms with Crippen molar-refractivity contribution in [2.75, 3.05) is 6.61 Å². The van der Waals surface area contributed by atoms with Gasteiger partial charge in [0.05, 0.1) is 12.7 Å². The first-order valence-electron chi connectivity index (χ1n) is 4.01. The van der Waals surface area contributed by atoms with E-state index in [1.807, 2.05) is 6.92 Å². The van der Waals surface area contributed by atoms with Gasteiger partial charge in [0.15, 0.2) is 5.65 Å². The van der Waals surface area contributed by atoms with Crippen molar-refractivity contribution in [1.82, 2.24) is 14.6 Å². The van der Waals surface area contributed by atoms with Gasteiger partial charge in [0.2, 0.25) is 5.88 Å². The number of aromatic amines is 1. The molecule has 1 N–H and O–H groups in total. The number of fused-ring (bicyclic) bond motifs is 1. The third kappa shape index (κ3) is 1.28. The first-order chi connectivity index (χ1) is 6.31. The molecule has 0 radical (unpaired) electrons. The van der Waals surface area contributed by atoms with E-state index in [0.717, 1.165) is 0 Å². The van der Waals surface area contributed by atoms with Gasteiger partial charge < -0.3 is 4.74 Å². The van der Waals surface area contributed by atoms with Crippen molar-refractivity contribution in [3.05, 3.63) is 28.7 Å². The fourth-order valence-corrected chi connectivity index (χ4v) is 1.13. The van der Waals surface area contributed by atoms with Gasteiger partial charge >= 0.3 is 0 Å². The first-order valence-corrected chi connectivity index (χ1v) is 4.01. The molecule has 0 aliphatic heterocycles. The van der Waals surface area contributed by atoms with Crippen LogP contribution >= 0.6 is 0 Å². The fourth-order valence-electron chi connectivity index (χ4n) is 1.13. The van der Waals surface area contributed by atoms with Gasteiger partial charge in [-0.2, -0.15) is 4.98 Å². The highest BCUT2D eigenvalue weighted by Gasteiger charge is 2.01. The third-order valence-corrected chi connectivity index (χ3v) is 1.65. The van der Waals surface area contributed by atoms with Gasteiger partial charge in [0.25, 0.3) is 5.56 Å². The Hall–Kier alpha value is -1.78. The van der Waals surface area contributed by atoms with Gasteiger partial charge in [-0.25, -0.2) is 4.52 Å². The summed E-state index contributed by atoms with van der Waals surface area (Å²) in [6.07, 6.45) is 1.65. The minimum Gasteiger partial charge on any atom is -0.478 e. The zero-order valence-corrected chi connectivity index (χ0v) is 7.15. The van der Waals surface area contributed by atoms with Crippen molar-refractivity contribution in [3.63, 3.8) is 0 Å². The number of ether oxygens (including phenoxy) is 1. The van der Waals surface area contributed by atoms with Crippen LogP contribution in [0.25, 0.3) is 5.65 Å². The molecular formula is C8H9N3O2. The lowest BCUT2D eigenvalue weighted by molar-refractivity contribution is 0.326. The summed E-state index contributed by atoms with van der Waals surface area (Å²) in [6, 6.07) is 3.07. The maximum Gasteiger partial charge on any atom is 0.276 e. The lowest BCUT2D eigenvalue weighted by Crippen LogP contribution is -2.14. The molecule has 0 saturated heterocycles. The molecular weight excluding hydrogens is 170 g/mol.